The van der Waals surface area contributed by atoms with Crippen molar-refractivity contribution in [3.8, 4) is 0 Å². The first-order chi connectivity index (χ1) is 10.1. The molecule has 1 aliphatic rings. The molecule has 0 spiro atoms. The average Bonchev–Trinajstić information content (AvgIpc) is 2.83. The number of likely N-dealkylation sites (tertiary alicyclic amines) is 1. The van der Waals surface area contributed by atoms with Crippen molar-refractivity contribution in [2.75, 3.05) is 19.6 Å². The number of hydrogen-bond acceptors (Lipinski definition) is 4. The molecule has 1 saturated heterocycles. The Kier molecular flexibility index (Phi) is 3.95. The fourth-order valence-corrected chi connectivity index (χ4v) is 3.30. The van der Waals surface area contributed by atoms with Crippen LogP contribution in [0.1, 0.15) is 30.4 Å². The van der Waals surface area contributed by atoms with Crippen LogP contribution in [0, 0.1) is 25.7 Å². The van der Waals surface area contributed by atoms with Gasteiger partial charge in [0.1, 0.15) is 0 Å². The molecule has 3 heterocycles. The summed E-state index contributed by atoms with van der Waals surface area (Å²) in [6.45, 7) is 10.3. The second kappa shape index (κ2) is 5.73. The first-order valence-electron chi connectivity index (χ1n) is 7.81. The van der Waals surface area contributed by atoms with Gasteiger partial charge in [0, 0.05) is 30.7 Å². The third kappa shape index (κ3) is 2.94. The van der Waals surface area contributed by atoms with Crippen LogP contribution in [0.2, 0.25) is 0 Å². The smallest absolute Gasteiger partial charge is 0.234 e. The summed E-state index contributed by atoms with van der Waals surface area (Å²) in [6.07, 6.45) is 3.35. The maximum Gasteiger partial charge on any atom is 0.234 e. The largest absolute Gasteiger partial charge is 0.330 e. The Balaban J connectivity index is 1.77. The molecule has 21 heavy (non-hydrogen) atoms. The first-order valence-corrected chi connectivity index (χ1v) is 7.81. The van der Waals surface area contributed by atoms with Gasteiger partial charge in [-0.25, -0.2) is 9.97 Å². The minimum absolute atomic E-state index is 0.609. The molecule has 2 atom stereocenters. The molecule has 1 aliphatic heterocycles. The van der Waals surface area contributed by atoms with Crippen LogP contribution in [0.25, 0.3) is 5.78 Å². The summed E-state index contributed by atoms with van der Waals surface area (Å²) in [7, 11) is 0. The van der Waals surface area contributed by atoms with E-state index in [1.54, 1.807) is 0 Å². The van der Waals surface area contributed by atoms with Crippen LogP contribution in [-0.4, -0.2) is 38.9 Å². The van der Waals surface area contributed by atoms with Crippen LogP contribution < -0.4 is 5.73 Å². The Bertz CT molecular complexity index is 633. The van der Waals surface area contributed by atoms with E-state index < -0.39 is 0 Å². The maximum absolute atomic E-state index is 5.89. The van der Waals surface area contributed by atoms with E-state index in [4.69, 9.17) is 5.73 Å². The van der Waals surface area contributed by atoms with Gasteiger partial charge in [-0.05, 0) is 51.3 Å². The molecule has 0 bridgehead atoms. The molecule has 0 amide bonds. The minimum Gasteiger partial charge on any atom is -0.330 e. The second-order valence-electron chi connectivity index (χ2n) is 6.44. The molecule has 2 aromatic rings. The van der Waals surface area contributed by atoms with Gasteiger partial charge in [-0.2, -0.15) is 0 Å². The van der Waals surface area contributed by atoms with E-state index in [1.165, 1.54) is 12.1 Å². The number of aryl methyl sites for hydroxylation is 2. The van der Waals surface area contributed by atoms with E-state index in [0.29, 0.717) is 5.92 Å². The van der Waals surface area contributed by atoms with E-state index in [1.807, 2.05) is 6.92 Å². The van der Waals surface area contributed by atoms with Gasteiger partial charge >= 0.3 is 0 Å². The highest BCUT2D eigenvalue weighted by Gasteiger charge is 2.25. The van der Waals surface area contributed by atoms with Crippen molar-refractivity contribution in [3.63, 3.8) is 0 Å². The topological polar surface area (TPSA) is 59.5 Å². The molecule has 2 aromatic heterocycles. The van der Waals surface area contributed by atoms with Gasteiger partial charge in [0.15, 0.2) is 0 Å². The molecular formula is C16H25N5. The summed E-state index contributed by atoms with van der Waals surface area (Å²) in [5, 5.41) is 0. The van der Waals surface area contributed by atoms with Gasteiger partial charge in [-0.3, -0.25) is 9.30 Å². The lowest BCUT2D eigenvalue weighted by molar-refractivity contribution is 0.125. The third-order valence-electron chi connectivity index (χ3n) is 4.70. The SMILES string of the molecule is Cc1cc(C)n2cc(CN3CCC(C)C(CN)C3)nc2n1. The van der Waals surface area contributed by atoms with Crippen molar-refractivity contribution < 1.29 is 0 Å². The second-order valence-corrected chi connectivity index (χ2v) is 6.44. The van der Waals surface area contributed by atoms with Crippen LogP contribution in [0.4, 0.5) is 0 Å². The average molecular weight is 287 g/mol. The Morgan fingerprint density at radius 1 is 1.33 bits per heavy atom. The summed E-state index contributed by atoms with van der Waals surface area (Å²) >= 11 is 0. The van der Waals surface area contributed by atoms with Crippen LogP contribution in [0.3, 0.4) is 0 Å². The van der Waals surface area contributed by atoms with Crippen LogP contribution in [0.5, 0.6) is 0 Å². The molecule has 5 nitrogen and oxygen atoms in total. The number of imidazole rings is 1. The van der Waals surface area contributed by atoms with Crippen molar-refractivity contribution >= 4 is 5.78 Å². The van der Waals surface area contributed by atoms with Crippen LogP contribution >= 0.6 is 0 Å². The van der Waals surface area contributed by atoms with Crippen molar-refractivity contribution in [2.45, 2.75) is 33.7 Å². The van der Waals surface area contributed by atoms with E-state index in [9.17, 15) is 0 Å². The van der Waals surface area contributed by atoms with Gasteiger partial charge < -0.3 is 5.73 Å². The van der Waals surface area contributed by atoms with Crippen molar-refractivity contribution in [1.29, 1.82) is 0 Å². The van der Waals surface area contributed by atoms with Gasteiger partial charge in [0.25, 0.3) is 0 Å². The summed E-state index contributed by atoms with van der Waals surface area (Å²) in [5.41, 5.74) is 9.19. The Morgan fingerprint density at radius 2 is 2.14 bits per heavy atom. The maximum atomic E-state index is 5.89. The molecule has 3 rings (SSSR count). The normalized spacial score (nSPS) is 23.8. The summed E-state index contributed by atoms with van der Waals surface area (Å²) in [4.78, 5) is 11.7. The Hall–Kier alpha value is -1.46. The van der Waals surface area contributed by atoms with Gasteiger partial charge in [0.2, 0.25) is 5.78 Å². The molecule has 0 radical (unpaired) electrons. The van der Waals surface area contributed by atoms with Gasteiger partial charge in [-0.1, -0.05) is 6.92 Å². The fourth-order valence-electron chi connectivity index (χ4n) is 3.30. The first kappa shape index (κ1) is 14.5. The van der Waals surface area contributed by atoms with Gasteiger partial charge in [-0.15, -0.1) is 0 Å². The predicted molar refractivity (Wildman–Crippen MR) is 84.1 cm³/mol. The lowest BCUT2D eigenvalue weighted by atomic mass is 9.87. The van der Waals surface area contributed by atoms with Crippen molar-refractivity contribution in [3.05, 3.63) is 29.3 Å². The van der Waals surface area contributed by atoms with Crippen LogP contribution in [-0.2, 0) is 6.54 Å². The van der Waals surface area contributed by atoms with E-state index in [-0.39, 0.29) is 0 Å². The molecule has 0 aromatic carbocycles. The van der Waals surface area contributed by atoms with E-state index >= 15 is 0 Å². The fraction of sp³-hybridized carbons (Fsp3) is 0.625. The number of fused-ring (bicyclic) bond motifs is 1. The van der Waals surface area contributed by atoms with Crippen molar-refractivity contribution in [2.24, 2.45) is 17.6 Å². The molecule has 1 fully saturated rings. The quantitative estimate of drug-likeness (QED) is 0.934. The highest BCUT2D eigenvalue weighted by molar-refractivity contribution is 5.34. The third-order valence-corrected chi connectivity index (χ3v) is 4.70. The lowest BCUT2D eigenvalue weighted by Gasteiger charge is -2.36. The summed E-state index contributed by atoms with van der Waals surface area (Å²) in [5.74, 6) is 2.15. The Morgan fingerprint density at radius 3 is 2.90 bits per heavy atom. The zero-order valence-electron chi connectivity index (χ0n) is 13.2. The Labute approximate surface area is 126 Å². The molecule has 2 unspecified atom stereocenters. The highest BCUT2D eigenvalue weighted by atomic mass is 15.2. The zero-order valence-corrected chi connectivity index (χ0v) is 13.2. The monoisotopic (exact) mass is 287 g/mol. The standard InChI is InChI=1S/C16H25N5/c1-11-4-5-20(8-14(11)7-17)9-15-10-21-13(3)6-12(2)18-16(21)19-15/h6,10-11,14H,4-5,7-9,17H2,1-3H3. The molecule has 0 aliphatic carbocycles. The van der Waals surface area contributed by atoms with E-state index in [2.05, 4.69) is 45.4 Å². The number of nitrogens with zero attached hydrogens (tertiary/aromatic N) is 4. The minimum atomic E-state index is 0.609. The molecule has 2 N–H and O–H groups in total. The molecule has 114 valence electrons. The zero-order chi connectivity index (χ0) is 15.0. The molecule has 0 saturated carbocycles. The molecule has 5 heteroatoms. The number of hydrogen-bond donors (Lipinski definition) is 1. The number of piperidine rings is 1. The molecular weight excluding hydrogens is 262 g/mol. The summed E-state index contributed by atoms with van der Waals surface area (Å²) in [6, 6.07) is 2.09. The van der Waals surface area contributed by atoms with E-state index in [0.717, 1.165) is 49.3 Å². The number of rotatable bonds is 3. The summed E-state index contributed by atoms with van der Waals surface area (Å²) < 4.78 is 2.08. The predicted octanol–water partition coefficient (Wildman–Crippen LogP) is 1.76. The van der Waals surface area contributed by atoms with Crippen molar-refractivity contribution in [1.82, 2.24) is 19.3 Å². The van der Waals surface area contributed by atoms with Crippen LogP contribution in [0.15, 0.2) is 12.3 Å². The number of aromatic nitrogens is 3. The number of nitrogens with two attached hydrogens (primary N) is 1. The lowest BCUT2D eigenvalue weighted by Crippen LogP contribution is -2.42. The van der Waals surface area contributed by atoms with Gasteiger partial charge in [0.05, 0.1) is 5.69 Å². The highest BCUT2D eigenvalue weighted by Crippen LogP contribution is 2.23.